The molecule has 1 aliphatic rings. The smallest absolute Gasteiger partial charge is 0.416 e. The lowest BCUT2D eigenvalue weighted by atomic mass is 10.1. The van der Waals surface area contributed by atoms with Gasteiger partial charge in [0.25, 0.3) is 0 Å². The van der Waals surface area contributed by atoms with E-state index >= 15 is 0 Å². The molecule has 2 aromatic rings. The summed E-state index contributed by atoms with van der Waals surface area (Å²) in [6, 6.07) is 3.72. The van der Waals surface area contributed by atoms with Gasteiger partial charge in [0.05, 0.1) is 17.6 Å². The largest absolute Gasteiger partial charge is 0.494 e. The molecule has 0 spiro atoms. The van der Waals surface area contributed by atoms with Gasteiger partial charge in [0.15, 0.2) is 11.6 Å². The number of ether oxygens (including phenoxy) is 1. The second-order valence-electron chi connectivity index (χ2n) is 7.43. The van der Waals surface area contributed by atoms with Crippen LogP contribution in [-0.4, -0.2) is 38.3 Å². The lowest BCUT2D eigenvalue weighted by Crippen LogP contribution is -2.48. The number of hydrogen-bond acceptors (Lipinski definition) is 4. The van der Waals surface area contributed by atoms with E-state index in [2.05, 4.69) is 5.32 Å². The summed E-state index contributed by atoms with van der Waals surface area (Å²) in [5.74, 6) is -3.69. The summed E-state index contributed by atoms with van der Waals surface area (Å²) in [7, 11) is -3.44. The van der Waals surface area contributed by atoms with E-state index in [0.717, 1.165) is 31.4 Å². The van der Waals surface area contributed by atoms with Gasteiger partial charge in [-0.05, 0) is 49.6 Å². The summed E-state index contributed by atoms with van der Waals surface area (Å²) in [5.41, 5.74) is -1.41. The number of carbonyl (C=O) groups is 1. The molecule has 1 aliphatic heterocycles. The van der Waals surface area contributed by atoms with Crippen LogP contribution in [0, 0.1) is 11.6 Å². The Balaban J connectivity index is 2.07. The number of alkyl halides is 3. The number of methoxy groups -OCH3 is 1. The van der Waals surface area contributed by atoms with Gasteiger partial charge in [-0.15, -0.1) is 0 Å². The van der Waals surface area contributed by atoms with Crippen molar-refractivity contribution in [3.8, 4) is 5.75 Å². The van der Waals surface area contributed by atoms with Crippen molar-refractivity contribution in [2.45, 2.75) is 42.9 Å². The molecule has 0 aromatic heterocycles. The van der Waals surface area contributed by atoms with Gasteiger partial charge in [-0.1, -0.05) is 6.07 Å². The van der Waals surface area contributed by atoms with Gasteiger partial charge in [-0.25, -0.2) is 12.8 Å². The van der Waals surface area contributed by atoms with Crippen molar-refractivity contribution in [2.75, 3.05) is 13.7 Å². The number of sulfonamides is 1. The maximum absolute atomic E-state index is 14.6. The predicted octanol–water partition coefficient (Wildman–Crippen LogP) is 3.85. The van der Waals surface area contributed by atoms with Crippen LogP contribution < -0.4 is 10.1 Å². The van der Waals surface area contributed by atoms with Crippen molar-refractivity contribution in [1.82, 2.24) is 9.62 Å². The molecule has 1 amide bonds. The molecule has 1 fully saturated rings. The fraction of sp³-hybridized carbons (Fsp3) is 0.381. The van der Waals surface area contributed by atoms with E-state index in [1.54, 1.807) is 0 Å². The molecule has 0 bridgehead atoms. The molecule has 0 unspecified atom stereocenters. The molecule has 33 heavy (non-hydrogen) atoms. The van der Waals surface area contributed by atoms with Crippen molar-refractivity contribution >= 4 is 15.9 Å². The molecule has 0 aliphatic carbocycles. The number of nitrogens with zero attached hydrogens (tertiary/aromatic N) is 1. The third kappa shape index (κ3) is 5.27. The van der Waals surface area contributed by atoms with Crippen LogP contribution in [0.5, 0.6) is 5.75 Å². The number of hydrogen-bond donors (Lipinski definition) is 1. The summed E-state index contributed by atoms with van der Waals surface area (Å²) in [4.78, 5) is 12.1. The maximum Gasteiger partial charge on any atom is 0.416 e. The Morgan fingerprint density at radius 3 is 2.33 bits per heavy atom. The fourth-order valence-electron chi connectivity index (χ4n) is 3.53. The summed E-state index contributed by atoms with van der Waals surface area (Å²) in [6.45, 7) is -0.400. The van der Waals surface area contributed by atoms with Gasteiger partial charge in [-0.3, -0.25) is 4.79 Å². The van der Waals surface area contributed by atoms with E-state index in [0.29, 0.717) is 35.8 Å². The van der Waals surface area contributed by atoms with Crippen LogP contribution in [0.3, 0.4) is 0 Å². The van der Waals surface area contributed by atoms with E-state index in [9.17, 15) is 35.2 Å². The third-order valence-electron chi connectivity index (χ3n) is 5.32. The van der Waals surface area contributed by atoms with Crippen molar-refractivity contribution < 1.29 is 39.9 Å². The van der Waals surface area contributed by atoms with Crippen molar-refractivity contribution in [2.24, 2.45) is 0 Å². The average molecular weight is 492 g/mol. The quantitative estimate of drug-likeness (QED) is 0.622. The summed E-state index contributed by atoms with van der Waals surface area (Å²) < 4.78 is 99.7. The Hall–Kier alpha value is -2.73. The second kappa shape index (κ2) is 9.64. The highest BCUT2D eigenvalue weighted by molar-refractivity contribution is 7.89. The van der Waals surface area contributed by atoms with E-state index in [4.69, 9.17) is 4.74 Å². The van der Waals surface area contributed by atoms with Crippen molar-refractivity contribution in [1.29, 1.82) is 0 Å². The molecular formula is C21H21F5N2O4S. The Kier molecular flexibility index (Phi) is 7.27. The number of rotatable bonds is 6. The van der Waals surface area contributed by atoms with E-state index in [1.165, 1.54) is 0 Å². The Morgan fingerprint density at radius 1 is 1.06 bits per heavy atom. The number of nitrogens with one attached hydrogen (secondary N) is 1. The minimum Gasteiger partial charge on any atom is -0.494 e. The topological polar surface area (TPSA) is 75.7 Å². The SMILES string of the molecule is COc1ccc(CN([C@@H]2CCCCNC2=O)S(=O)(=O)c2ccc(C(F)(F)F)cc2)c(F)c1F. The normalized spacial score (nSPS) is 17.5. The van der Waals surface area contributed by atoms with E-state index in [-0.39, 0.29) is 17.7 Å². The molecule has 1 heterocycles. The molecule has 0 saturated carbocycles. The highest BCUT2D eigenvalue weighted by Crippen LogP contribution is 2.32. The summed E-state index contributed by atoms with van der Waals surface area (Å²) >= 11 is 0. The molecule has 1 atom stereocenters. The molecule has 3 rings (SSSR count). The van der Waals surface area contributed by atoms with Crippen LogP contribution >= 0.6 is 0 Å². The molecule has 1 saturated heterocycles. The second-order valence-corrected chi connectivity index (χ2v) is 9.32. The molecular weight excluding hydrogens is 471 g/mol. The minimum atomic E-state index is -4.67. The van der Waals surface area contributed by atoms with Crippen LogP contribution in [0.25, 0.3) is 0 Å². The van der Waals surface area contributed by atoms with E-state index < -0.39 is 56.8 Å². The molecule has 12 heteroatoms. The van der Waals surface area contributed by atoms with Gasteiger partial charge < -0.3 is 10.1 Å². The third-order valence-corrected chi connectivity index (χ3v) is 7.18. The van der Waals surface area contributed by atoms with Gasteiger partial charge in [-0.2, -0.15) is 21.9 Å². The Morgan fingerprint density at radius 2 is 1.73 bits per heavy atom. The van der Waals surface area contributed by atoms with Crippen LogP contribution in [-0.2, 0) is 27.5 Å². The first-order chi connectivity index (χ1) is 15.5. The highest BCUT2D eigenvalue weighted by Gasteiger charge is 2.38. The van der Waals surface area contributed by atoms with Crippen molar-refractivity contribution in [3.63, 3.8) is 0 Å². The Bertz CT molecular complexity index is 1120. The highest BCUT2D eigenvalue weighted by atomic mass is 32.2. The lowest BCUT2D eigenvalue weighted by Gasteiger charge is -2.29. The average Bonchev–Trinajstić information content (AvgIpc) is 2.98. The molecule has 1 N–H and O–H groups in total. The molecule has 2 aromatic carbocycles. The predicted molar refractivity (Wildman–Crippen MR) is 108 cm³/mol. The first-order valence-corrected chi connectivity index (χ1v) is 11.4. The van der Waals surface area contributed by atoms with Crippen LogP contribution in [0.1, 0.15) is 30.4 Å². The van der Waals surface area contributed by atoms with E-state index in [1.807, 2.05) is 0 Å². The Labute approximate surface area is 187 Å². The first kappa shape index (κ1) is 24.9. The number of benzene rings is 2. The minimum absolute atomic E-state index is 0.103. The van der Waals surface area contributed by atoms with Crippen molar-refractivity contribution in [3.05, 3.63) is 59.2 Å². The fourth-order valence-corrected chi connectivity index (χ4v) is 5.13. The molecule has 180 valence electrons. The van der Waals surface area contributed by atoms with Gasteiger partial charge in [0.2, 0.25) is 21.7 Å². The van der Waals surface area contributed by atoms with Gasteiger partial charge >= 0.3 is 6.18 Å². The van der Waals surface area contributed by atoms with Crippen LogP contribution in [0.4, 0.5) is 22.0 Å². The summed E-state index contributed by atoms with van der Waals surface area (Å²) in [6.07, 6.45) is -3.51. The van der Waals surface area contributed by atoms with Crippen LogP contribution in [0.2, 0.25) is 0 Å². The number of amides is 1. The summed E-state index contributed by atoms with van der Waals surface area (Å²) in [5, 5.41) is 2.58. The zero-order valence-corrected chi connectivity index (χ0v) is 18.3. The lowest BCUT2D eigenvalue weighted by molar-refractivity contribution is -0.137. The number of carbonyl (C=O) groups excluding carboxylic acids is 1. The zero-order valence-electron chi connectivity index (χ0n) is 17.5. The number of halogens is 5. The zero-order chi connectivity index (χ0) is 24.4. The maximum atomic E-state index is 14.6. The van der Waals surface area contributed by atoms with Crippen LogP contribution in [0.15, 0.2) is 41.3 Å². The molecule has 0 radical (unpaired) electrons. The molecule has 6 nitrogen and oxygen atoms in total. The standard InChI is InChI=1S/C21H21F5N2O4S/c1-32-17-10-5-13(18(22)19(17)23)12-28(16-4-2-3-11-27-20(16)29)33(30,31)15-8-6-14(7-9-15)21(24,25)26/h5-10,16H,2-4,11-12H2,1H3,(H,27,29)/t16-/m1/s1. The monoisotopic (exact) mass is 492 g/mol. The van der Waals surface area contributed by atoms with Gasteiger partial charge in [0, 0.05) is 18.7 Å². The first-order valence-electron chi connectivity index (χ1n) is 9.94. The van der Waals surface area contributed by atoms with Gasteiger partial charge in [0.1, 0.15) is 6.04 Å².